The van der Waals surface area contributed by atoms with Crippen molar-refractivity contribution < 1.29 is 0 Å². The number of hydrogen-bond donors (Lipinski definition) is 1. The molecule has 1 heterocycles. The summed E-state index contributed by atoms with van der Waals surface area (Å²) < 4.78 is 0. The van der Waals surface area contributed by atoms with E-state index >= 15 is 0 Å². The molecule has 1 aromatic rings. The molecule has 0 aromatic carbocycles. The third kappa shape index (κ3) is 5.49. The topological polar surface area (TPSA) is 86.6 Å². The fourth-order valence-corrected chi connectivity index (χ4v) is 1.12. The van der Waals surface area contributed by atoms with Gasteiger partial charge in [-0.15, -0.1) is 0 Å². The van der Waals surface area contributed by atoms with Gasteiger partial charge in [-0.3, -0.25) is 0 Å². The molecular formula is C9H14N6. The molecule has 6 nitrogen and oxygen atoms in total. The van der Waals surface area contributed by atoms with Crippen LogP contribution < -0.4 is 5.32 Å². The van der Waals surface area contributed by atoms with E-state index in [1.165, 1.54) is 0 Å². The maximum atomic E-state index is 8.05. The van der Waals surface area contributed by atoms with Crippen molar-refractivity contribution in [2.75, 3.05) is 18.4 Å². The van der Waals surface area contributed by atoms with E-state index in [1.807, 2.05) is 0 Å². The van der Waals surface area contributed by atoms with Crippen molar-refractivity contribution in [2.24, 2.45) is 5.11 Å². The van der Waals surface area contributed by atoms with E-state index in [1.54, 1.807) is 18.5 Å². The molecule has 0 radical (unpaired) electrons. The van der Waals surface area contributed by atoms with Crippen LogP contribution in [0.3, 0.4) is 0 Å². The molecule has 0 atom stereocenters. The van der Waals surface area contributed by atoms with Crippen LogP contribution in [0.2, 0.25) is 0 Å². The van der Waals surface area contributed by atoms with Gasteiger partial charge in [-0.05, 0) is 24.4 Å². The van der Waals surface area contributed by atoms with Crippen LogP contribution in [-0.4, -0.2) is 23.1 Å². The van der Waals surface area contributed by atoms with Crippen molar-refractivity contribution in [1.29, 1.82) is 0 Å². The highest BCUT2D eigenvalue weighted by atomic mass is 15.1. The highest BCUT2D eigenvalue weighted by Crippen LogP contribution is 1.98. The summed E-state index contributed by atoms with van der Waals surface area (Å²) in [4.78, 5) is 10.8. The lowest BCUT2D eigenvalue weighted by molar-refractivity contribution is 0.703. The number of aromatic nitrogens is 2. The largest absolute Gasteiger partial charge is 0.354 e. The number of nitrogens with one attached hydrogen (secondary N) is 1. The minimum Gasteiger partial charge on any atom is -0.354 e. The summed E-state index contributed by atoms with van der Waals surface area (Å²) in [5, 5.41) is 6.57. The Labute approximate surface area is 88.4 Å². The van der Waals surface area contributed by atoms with Crippen molar-refractivity contribution in [1.82, 2.24) is 9.97 Å². The predicted molar refractivity (Wildman–Crippen MR) is 58.4 cm³/mol. The first kappa shape index (κ1) is 11.3. The third-order valence-electron chi connectivity index (χ3n) is 1.85. The van der Waals surface area contributed by atoms with Crippen molar-refractivity contribution in [3.05, 3.63) is 28.9 Å². The first-order valence-corrected chi connectivity index (χ1v) is 4.95. The third-order valence-corrected chi connectivity index (χ3v) is 1.85. The first-order chi connectivity index (χ1) is 7.43. The van der Waals surface area contributed by atoms with E-state index in [-0.39, 0.29) is 0 Å². The molecule has 1 rings (SSSR count). The predicted octanol–water partition coefficient (Wildman–Crippen LogP) is 2.37. The fourth-order valence-electron chi connectivity index (χ4n) is 1.12. The number of azide groups is 1. The zero-order chi connectivity index (χ0) is 10.8. The van der Waals surface area contributed by atoms with Crippen LogP contribution in [0.4, 0.5) is 5.95 Å². The molecule has 0 aliphatic carbocycles. The van der Waals surface area contributed by atoms with Crippen molar-refractivity contribution in [3.8, 4) is 0 Å². The van der Waals surface area contributed by atoms with Crippen molar-refractivity contribution in [3.63, 3.8) is 0 Å². The number of nitrogens with zero attached hydrogens (tertiary/aromatic N) is 5. The summed E-state index contributed by atoms with van der Waals surface area (Å²) in [6.07, 6.45) is 6.41. The number of hydrogen-bond acceptors (Lipinski definition) is 4. The molecule has 0 unspecified atom stereocenters. The van der Waals surface area contributed by atoms with Gasteiger partial charge in [0.25, 0.3) is 0 Å². The first-order valence-electron chi connectivity index (χ1n) is 4.95. The molecule has 1 aromatic heterocycles. The van der Waals surface area contributed by atoms with Gasteiger partial charge < -0.3 is 5.32 Å². The van der Waals surface area contributed by atoms with Crippen LogP contribution in [0.25, 0.3) is 10.4 Å². The molecule has 0 spiro atoms. The second-order valence-corrected chi connectivity index (χ2v) is 3.01. The van der Waals surface area contributed by atoms with Gasteiger partial charge in [0, 0.05) is 30.4 Å². The van der Waals surface area contributed by atoms with Crippen LogP contribution >= 0.6 is 0 Å². The van der Waals surface area contributed by atoms with Gasteiger partial charge in [0.15, 0.2) is 0 Å². The van der Waals surface area contributed by atoms with Crippen LogP contribution in [0.15, 0.2) is 23.6 Å². The van der Waals surface area contributed by atoms with E-state index in [4.69, 9.17) is 5.53 Å². The Hall–Kier alpha value is -1.81. The normalized spacial score (nSPS) is 9.33. The van der Waals surface area contributed by atoms with Gasteiger partial charge in [0.1, 0.15) is 0 Å². The lowest BCUT2D eigenvalue weighted by Gasteiger charge is -2.02. The lowest BCUT2D eigenvalue weighted by atomic mass is 10.2. The van der Waals surface area contributed by atoms with Crippen LogP contribution in [0.1, 0.15) is 19.3 Å². The Bertz CT molecular complexity index is 306. The van der Waals surface area contributed by atoms with Gasteiger partial charge in [0.2, 0.25) is 5.95 Å². The molecule has 15 heavy (non-hydrogen) atoms. The van der Waals surface area contributed by atoms with Gasteiger partial charge in [-0.2, -0.15) is 0 Å². The average molecular weight is 206 g/mol. The molecule has 80 valence electrons. The van der Waals surface area contributed by atoms with Crippen LogP contribution in [-0.2, 0) is 0 Å². The molecule has 0 aliphatic rings. The second-order valence-electron chi connectivity index (χ2n) is 3.01. The zero-order valence-electron chi connectivity index (χ0n) is 8.50. The fraction of sp³-hybridized carbons (Fsp3) is 0.556. The summed E-state index contributed by atoms with van der Waals surface area (Å²) in [7, 11) is 0. The van der Waals surface area contributed by atoms with Gasteiger partial charge in [-0.25, -0.2) is 9.97 Å². The monoisotopic (exact) mass is 206 g/mol. The second kappa shape index (κ2) is 7.58. The highest BCUT2D eigenvalue weighted by molar-refractivity contribution is 5.21. The standard InChI is InChI=1S/C9H14N6/c10-15-14-8-3-1-2-5-11-9-12-6-4-7-13-9/h4,6-7H,1-3,5,8H2,(H,11,12,13). The minimum atomic E-state index is 0.582. The lowest BCUT2D eigenvalue weighted by Crippen LogP contribution is -2.04. The molecule has 6 heteroatoms. The Balaban J connectivity index is 2.00. The van der Waals surface area contributed by atoms with Gasteiger partial charge in [-0.1, -0.05) is 11.5 Å². The molecule has 0 saturated heterocycles. The molecule has 0 aliphatic heterocycles. The minimum absolute atomic E-state index is 0.582. The van der Waals surface area contributed by atoms with E-state index in [9.17, 15) is 0 Å². The maximum Gasteiger partial charge on any atom is 0.222 e. The average Bonchev–Trinajstić information content (AvgIpc) is 2.29. The van der Waals surface area contributed by atoms with E-state index in [0.29, 0.717) is 12.5 Å². The smallest absolute Gasteiger partial charge is 0.222 e. The zero-order valence-corrected chi connectivity index (χ0v) is 8.50. The quantitative estimate of drug-likeness (QED) is 0.321. The Morgan fingerprint density at radius 2 is 2.07 bits per heavy atom. The highest BCUT2D eigenvalue weighted by Gasteiger charge is 1.92. The van der Waals surface area contributed by atoms with Gasteiger partial charge >= 0.3 is 0 Å². The Morgan fingerprint density at radius 1 is 1.27 bits per heavy atom. The Morgan fingerprint density at radius 3 is 2.80 bits per heavy atom. The maximum absolute atomic E-state index is 8.05. The van der Waals surface area contributed by atoms with E-state index in [0.717, 1.165) is 25.8 Å². The summed E-state index contributed by atoms with van der Waals surface area (Å²) in [6, 6.07) is 1.78. The number of rotatable bonds is 7. The summed E-state index contributed by atoms with van der Waals surface area (Å²) in [6.45, 7) is 1.43. The molecular weight excluding hydrogens is 192 g/mol. The number of anilines is 1. The molecule has 0 bridgehead atoms. The SMILES string of the molecule is [N-]=[N+]=NCCCCCNc1ncccn1. The molecule has 0 fully saturated rings. The van der Waals surface area contributed by atoms with Crippen LogP contribution in [0, 0.1) is 0 Å². The molecule has 1 N–H and O–H groups in total. The summed E-state index contributed by atoms with van der Waals surface area (Å²) in [5.41, 5.74) is 8.05. The summed E-state index contributed by atoms with van der Waals surface area (Å²) in [5.74, 6) is 0.660. The van der Waals surface area contributed by atoms with E-state index < -0.39 is 0 Å². The Kier molecular flexibility index (Phi) is 5.69. The number of unbranched alkanes of at least 4 members (excludes halogenated alkanes) is 2. The van der Waals surface area contributed by atoms with Crippen molar-refractivity contribution >= 4 is 5.95 Å². The molecule has 0 saturated carbocycles. The van der Waals surface area contributed by atoms with Gasteiger partial charge in [0.05, 0.1) is 0 Å². The summed E-state index contributed by atoms with van der Waals surface area (Å²) >= 11 is 0. The van der Waals surface area contributed by atoms with Crippen LogP contribution in [0.5, 0.6) is 0 Å². The van der Waals surface area contributed by atoms with E-state index in [2.05, 4.69) is 25.3 Å². The van der Waals surface area contributed by atoms with Crippen molar-refractivity contribution in [2.45, 2.75) is 19.3 Å². The molecule has 0 amide bonds.